The Kier molecular flexibility index (Phi) is 6.78. The van der Waals surface area contributed by atoms with Crippen LogP contribution in [0.5, 0.6) is 17.4 Å². The second-order valence-corrected chi connectivity index (χ2v) is 5.98. The second-order valence-electron chi connectivity index (χ2n) is 5.98. The Balaban J connectivity index is 1.54. The van der Waals surface area contributed by atoms with E-state index in [1.165, 1.54) is 12.3 Å². The number of nitrogens with one attached hydrogen (secondary N) is 1. The van der Waals surface area contributed by atoms with Gasteiger partial charge in [0, 0.05) is 12.7 Å². The average molecular weight is 392 g/mol. The number of methoxy groups -OCH3 is 1. The van der Waals surface area contributed by atoms with Crippen LogP contribution in [-0.2, 0) is 16.1 Å². The first kappa shape index (κ1) is 19.9. The summed E-state index contributed by atoms with van der Waals surface area (Å²) in [5, 5.41) is 2.69. The van der Waals surface area contributed by atoms with Crippen LogP contribution in [0.2, 0.25) is 0 Å². The standard InChI is InChI=1S/C22H20N2O5/c1-27-18-10-5-7-16(13-18)14-24-20(25)15-28-22(26)19-11-6-12-23-21(19)29-17-8-3-2-4-9-17/h2-13H,14-15H2,1H3,(H,24,25). The summed E-state index contributed by atoms with van der Waals surface area (Å²) in [6.07, 6.45) is 1.51. The van der Waals surface area contributed by atoms with Crippen LogP contribution >= 0.6 is 0 Å². The summed E-state index contributed by atoms with van der Waals surface area (Å²) in [5.41, 5.74) is 1.01. The van der Waals surface area contributed by atoms with Crippen molar-refractivity contribution in [1.29, 1.82) is 0 Å². The number of para-hydroxylation sites is 1. The predicted octanol–water partition coefficient (Wildman–Crippen LogP) is 3.36. The fourth-order valence-corrected chi connectivity index (χ4v) is 2.47. The van der Waals surface area contributed by atoms with Crippen LogP contribution < -0.4 is 14.8 Å². The molecule has 1 amide bonds. The van der Waals surface area contributed by atoms with E-state index in [9.17, 15) is 9.59 Å². The zero-order valence-electron chi connectivity index (χ0n) is 15.8. The van der Waals surface area contributed by atoms with Crippen LogP contribution in [-0.4, -0.2) is 30.6 Å². The SMILES string of the molecule is COc1cccc(CNC(=O)COC(=O)c2cccnc2Oc2ccccc2)c1. The molecular formula is C22H20N2O5. The van der Waals surface area contributed by atoms with Crippen molar-refractivity contribution in [1.82, 2.24) is 10.3 Å². The van der Waals surface area contributed by atoms with Gasteiger partial charge in [-0.25, -0.2) is 9.78 Å². The van der Waals surface area contributed by atoms with E-state index in [0.717, 1.165) is 5.56 Å². The van der Waals surface area contributed by atoms with Crippen LogP contribution in [0.3, 0.4) is 0 Å². The van der Waals surface area contributed by atoms with Crippen LogP contribution in [0.25, 0.3) is 0 Å². The number of hydrogen-bond donors (Lipinski definition) is 1. The number of benzene rings is 2. The largest absolute Gasteiger partial charge is 0.497 e. The van der Waals surface area contributed by atoms with E-state index < -0.39 is 18.5 Å². The molecule has 2 aromatic carbocycles. The lowest BCUT2D eigenvalue weighted by Gasteiger charge is -2.10. The van der Waals surface area contributed by atoms with E-state index in [2.05, 4.69) is 10.3 Å². The summed E-state index contributed by atoms with van der Waals surface area (Å²) < 4.78 is 15.9. The summed E-state index contributed by atoms with van der Waals surface area (Å²) in [6.45, 7) is -0.120. The van der Waals surface area contributed by atoms with E-state index in [1.807, 2.05) is 42.5 Å². The smallest absolute Gasteiger partial charge is 0.344 e. The minimum Gasteiger partial charge on any atom is -0.497 e. The monoisotopic (exact) mass is 392 g/mol. The molecule has 29 heavy (non-hydrogen) atoms. The van der Waals surface area contributed by atoms with Gasteiger partial charge in [-0.1, -0.05) is 30.3 Å². The quantitative estimate of drug-likeness (QED) is 0.592. The normalized spacial score (nSPS) is 10.1. The van der Waals surface area contributed by atoms with Gasteiger partial charge in [-0.2, -0.15) is 0 Å². The van der Waals surface area contributed by atoms with Gasteiger partial charge in [0.1, 0.15) is 17.1 Å². The highest BCUT2D eigenvalue weighted by molar-refractivity contribution is 5.93. The molecule has 3 aromatic rings. The number of carbonyl (C=O) groups excluding carboxylic acids is 2. The number of carbonyl (C=O) groups is 2. The topological polar surface area (TPSA) is 86.8 Å². The van der Waals surface area contributed by atoms with Crippen molar-refractivity contribution in [3.8, 4) is 17.4 Å². The molecule has 0 aliphatic heterocycles. The molecule has 0 atom stereocenters. The van der Waals surface area contributed by atoms with Crippen molar-refractivity contribution >= 4 is 11.9 Å². The Morgan fingerprint density at radius 1 is 0.966 bits per heavy atom. The molecule has 0 spiro atoms. The highest BCUT2D eigenvalue weighted by Crippen LogP contribution is 2.23. The number of rotatable bonds is 8. The molecule has 1 heterocycles. The van der Waals surface area contributed by atoms with Gasteiger partial charge in [0.15, 0.2) is 6.61 Å². The van der Waals surface area contributed by atoms with Gasteiger partial charge in [0.2, 0.25) is 5.88 Å². The number of aromatic nitrogens is 1. The third kappa shape index (κ3) is 5.80. The van der Waals surface area contributed by atoms with Crippen LogP contribution in [0.1, 0.15) is 15.9 Å². The molecule has 3 rings (SSSR count). The van der Waals surface area contributed by atoms with Gasteiger partial charge in [-0.15, -0.1) is 0 Å². The summed E-state index contributed by atoms with van der Waals surface area (Å²) in [5.74, 6) is 0.235. The van der Waals surface area contributed by atoms with E-state index >= 15 is 0 Å². The average Bonchev–Trinajstić information content (AvgIpc) is 2.77. The molecule has 1 N–H and O–H groups in total. The van der Waals surface area contributed by atoms with Gasteiger partial charge < -0.3 is 19.5 Å². The molecule has 0 saturated heterocycles. The third-order valence-electron chi connectivity index (χ3n) is 3.91. The lowest BCUT2D eigenvalue weighted by atomic mass is 10.2. The molecule has 148 valence electrons. The maximum Gasteiger partial charge on any atom is 0.344 e. The number of pyridine rings is 1. The van der Waals surface area contributed by atoms with Crippen molar-refractivity contribution < 1.29 is 23.8 Å². The van der Waals surface area contributed by atoms with Gasteiger partial charge in [0.25, 0.3) is 5.91 Å². The number of amides is 1. The van der Waals surface area contributed by atoms with Gasteiger partial charge >= 0.3 is 5.97 Å². The number of nitrogens with zero attached hydrogens (tertiary/aromatic N) is 1. The maximum atomic E-state index is 12.4. The first-order valence-electron chi connectivity index (χ1n) is 8.90. The number of ether oxygens (including phenoxy) is 3. The van der Waals surface area contributed by atoms with E-state index in [4.69, 9.17) is 14.2 Å². The minimum absolute atomic E-state index is 0.112. The molecule has 7 nitrogen and oxygen atoms in total. The van der Waals surface area contributed by atoms with E-state index in [-0.39, 0.29) is 11.4 Å². The molecule has 0 bridgehead atoms. The van der Waals surface area contributed by atoms with Crippen molar-refractivity contribution in [3.05, 3.63) is 84.1 Å². The summed E-state index contributed by atoms with van der Waals surface area (Å²) >= 11 is 0. The second kappa shape index (κ2) is 9.89. The summed E-state index contributed by atoms with van der Waals surface area (Å²) in [7, 11) is 1.57. The highest BCUT2D eigenvalue weighted by Gasteiger charge is 2.17. The maximum absolute atomic E-state index is 12.4. The van der Waals surface area contributed by atoms with Crippen LogP contribution in [0.15, 0.2) is 72.9 Å². The number of esters is 1. The Hall–Kier alpha value is -3.87. The Bertz CT molecular complexity index is 976. The molecule has 1 aromatic heterocycles. The van der Waals surface area contributed by atoms with Crippen molar-refractivity contribution in [2.24, 2.45) is 0 Å². The molecule has 0 radical (unpaired) electrons. The zero-order valence-corrected chi connectivity index (χ0v) is 15.8. The van der Waals surface area contributed by atoms with Gasteiger partial charge in [-0.3, -0.25) is 4.79 Å². The summed E-state index contributed by atoms with van der Waals surface area (Å²) in [6, 6.07) is 19.4. The molecular weight excluding hydrogens is 372 g/mol. The van der Waals surface area contributed by atoms with Gasteiger partial charge in [0.05, 0.1) is 7.11 Å². The summed E-state index contributed by atoms with van der Waals surface area (Å²) in [4.78, 5) is 28.5. The number of hydrogen-bond acceptors (Lipinski definition) is 6. The molecule has 0 unspecified atom stereocenters. The predicted molar refractivity (Wildman–Crippen MR) is 106 cm³/mol. The Morgan fingerprint density at radius 2 is 1.76 bits per heavy atom. The molecule has 0 aliphatic rings. The van der Waals surface area contributed by atoms with Crippen molar-refractivity contribution in [3.63, 3.8) is 0 Å². The fraction of sp³-hybridized carbons (Fsp3) is 0.136. The van der Waals surface area contributed by atoms with Crippen molar-refractivity contribution in [2.75, 3.05) is 13.7 Å². The first-order valence-corrected chi connectivity index (χ1v) is 8.90. The molecule has 0 saturated carbocycles. The minimum atomic E-state index is -0.694. The molecule has 7 heteroatoms. The Labute approximate surface area is 168 Å². The molecule has 0 fully saturated rings. The lowest BCUT2D eigenvalue weighted by molar-refractivity contribution is -0.124. The van der Waals surface area contributed by atoms with Crippen LogP contribution in [0, 0.1) is 0 Å². The van der Waals surface area contributed by atoms with E-state index in [0.29, 0.717) is 18.0 Å². The lowest BCUT2D eigenvalue weighted by Crippen LogP contribution is -2.28. The Morgan fingerprint density at radius 3 is 2.55 bits per heavy atom. The fourth-order valence-electron chi connectivity index (χ4n) is 2.47. The molecule has 0 aliphatic carbocycles. The van der Waals surface area contributed by atoms with Crippen LogP contribution in [0.4, 0.5) is 0 Å². The van der Waals surface area contributed by atoms with Gasteiger partial charge in [-0.05, 0) is 42.0 Å². The van der Waals surface area contributed by atoms with E-state index in [1.54, 1.807) is 25.3 Å². The first-order chi connectivity index (χ1) is 14.2. The third-order valence-corrected chi connectivity index (χ3v) is 3.91. The zero-order chi connectivity index (χ0) is 20.5. The highest BCUT2D eigenvalue weighted by atomic mass is 16.5. The van der Waals surface area contributed by atoms with Crippen molar-refractivity contribution in [2.45, 2.75) is 6.54 Å².